The first-order valence-corrected chi connectivity index (χ1v) is 10.2. The Morgan fingerprint density at radius 3 is 2.48 bits per heavy atom. The van der Waals surface area contributed by atoms with Crippen LogP contribution in [-0.4, -0.2) is 46.1 Å². The number of H-pyrrole nitrogens is 1. The SMILES string of the molecule is CCCCN(C(=O)CSCC(=O)OCC)c1c(N)n(CCC)c(=O)[nH]c1=O. The Bertz CT molecular complexity index is 759. The van der Waals surface area contributed by atoms with Crippen molar-refractivity contribution in [3.8, 4) is 0 Å². The molecular weight excluding hydrogens is 372 g/mol. The van der Waals surface area contributed by atoms with Gasteiger partial charge in [0, 0.05) is 13.1 Å². The van der Waals surface area contributed by atoms with Crippen molar-refractivity contribution >= 4 is 35.1 Å². The number of aromatic amines is 1. The number of hydrogen-bond acceptors (Lipinski definition) is 7. The summed E-state index contributed by atoms with van der Waals surface area (Å²) in [5.41, 5.74) is 4.77. The third-order valence-corrected chi connectivity index (χ3v) is 4.61. The van der Waals surface area contributed by atoms with Crippen molar-refractivity contribution in [1.82, 2.24) is 9.55 Å². The monoisotopic (exact) mass is 400 g/mol. The first kappa shape index (κ1) is 22.8. The Morgan fingerprint density at radius 1 is 1.19 bits per heavy atom. The third-order valence-electron chi connectivity index (χ3n) is 3.72. The maximum Gasteiger partial charge on any atom is 0.330 e. The van der Waals surface area contributed by atoms with E-state index in [1.165, 1.54) is 9.47 Å². The lowest BCUT2D eigenvalue weighted by Gasteiger charge is -2.24. The number of hydrogen-bond donors (Lipinski definition) is 2. The molecule has 0 aliphatic heterocycles. The largest absolute Gasteiger partial charge is 0.465 e. The second-order valence-electron chi connectivity index (χ2n) is 5.84. The van der Waals surface area contributed by atoms with Gasteiger partial charge in [-0.05, 0) is 19.8 Å². The number of carbonyl (C=O) groups excluding carboxylic acids is 2. The van der Waals surface area contributed by atoms with E-state index in [1.54, 1.807) is 6.92 Å². The zero-order valence-corrected chi connectivity index (χ0v) is 16.9. The van der Waals surface area contributed by atoms with E-state index in [1.807, 2.05) is 13.8 Å². The molecule has 0 unspecified atom stereocenters. The minimum atomic E-state index is -0.690. The summed E-state index contributed by atoms with van der Waals surface area (Å²) in [6.07, 6.45) is 2.13. The number of amides is 1. The van der Waals surface area contributed by atoms with Gasteiger partial charge in [-0.2, -0.15) is 0 Å². The molecule has 3 N–H and O–H groups in total. The van der Waals surface area contributed by atoms with E-state index in [0.29, 0.717) is 25.9 Å². The van der Waals surface area contributed by atoms with Crippen molar-refractivity contribution in [3.63, 3.8) is 0 Å². The van der Waals surface area contributed by atoms with Crippen molar-refractivity contribution in [3.05, 3.63) is 20.8 Å². The Kier molecular flexibility index (Phi) is 9.70. The van der Waals surface area contributed by atoms with Gasteiger partial charge in [-0.25, -0.2) is 4.79 Å². The van der Waals surface area contributed by atoms with Crippen LogP contribution in [0, 0.1) is 0 Å². The summed E-state index contributed by atoms with van der Waals surface area (Å²) in [5.74, 6) is -0.734. The van der Waals surface area contributed by atoms with Gasteiger partial charge in [-0.15, -0.1) is 11.8 Å². The lowest BCUT2D eigenvalue weighted by Crippen LogP contribution is -2.42. The van der Waals surface area contributed by atoms with Crippen LogP contribution >= 0.6 is 11.8 Å². The molecule has 0 aliphatic rings. The second kappa shape index (κ2) is 11.5. The van der Waals surface area contributed by atoms with E-state index < -0.39 is 17.2 Å². The minimum absolute atomic E-state index is 0.00564. The van der Waals surface area contributed by atoms with Crippen LogP contribution in [0.1, 0.15) is 40.0 Å². The molecule has 0 aliphatic carbocycles. The molecule has 0 atom stereocenters. The summed E-state index contributed by atoms with van der Waals surface area (Å²) in [7, 11) is 0. The van der Waals surface area contributed by atoms with Crippen molar-refractivity contribution in [2.45, 2.75) is 46.6 Å². The van der Waals surface area contributed by atoms with E-state index in [4.69, 9.17) is 10.5 Å². The first-order valence-electron chi connectivity index (χ1n) is 9.03. The van der Waals surface area contributed by atoms with E-state index >= 15 is 0 Å². The third kappa shape index (κ3) is 6.46. The number of rotatable bonds is 11. The smallest absolute Gasteiger partial charge is 0.330 e. The highest BCUT2D eigenvalue weighted by Crippen LogP contribution is 2.19. The predicted molar refractivity (Wildman–Crippen MR) is 107 cm³/mol. The van der Waals surface area contributed by atoms with Gasteiger partial charge in [0.05, 0.1) is 18.1 Å². The van der Waals surface area contributed by atoms with Gasteiger partial charge in [0.1, 0.15) is 5.82 Å². The number of esters is 1. The molecule has 27 heavy (non-hydrogen) atoms. The molecule has 0 saturated heterocycles. The zero-order valence-electron chi connectivity index (χ0n) is 16.1. The molecule has 0 bridgehead atoms. The van der Waals surface area contributed by atoms with Crippen LogP contribution in [0.5, 0.6) is 0 Å². The Hall–Kier alpha value is -2.23. The number of ether oxygens (including phenoxy) is 1. The molecule has 1 aromatic rings. The zero-order chi connectivity index (χ0) is 20.4. The lowest BCUT2D eigenvalue weighted by molar-refractivity contribution is -0.139. The van der Waals surface area contributed by atoms with Crippen molar-refractivity contribution < 1.29 is 14.3 Å². The topological polar surface area (TPSA) is 127 Å². The summed E-state index contributed by atoms with van der Waals surface area (Å²) in [6.45, 7) is 6.46. The van der Waals surface area contributed by atoms with Crippen LogP contribution in [0.15, 0.2) is 9.59 Å². The Balaban J connectivity index is 3.11. The highest BCUT2D eigenvalue weighted by molar-refractivity contribution is 8.00. The predicted octanol–water partition coefficient (Wildman–Crippen LogP) is 0.958. The molecule has 1 amide bonds. The number of nitrogens with one attached hydrogen (secondary N) is 1. The molecule has 10 heteroatoms. The van der Waals surface area contributed by atoms with Crippen molar-refractivity contribution in [1.29, 1.82) is 0 Å². The Labute approximate surface area is 162 Å². The van der Waals surface area contributed by atoms with Crippen LogP contribution in [0.2, 0.25) is 0 Å². The number of aromatic nitrogens is 2. The molecule has 0 saturated carbocycles. The summed E-state index contributed by atoms with van der Waals surface area (Å²) in [5, 5.41) is 0. The average molecular weight is 401 g/mol. The number of nitrogens with zero attached hydrogens (tertiary/aromatic N) is 2. The van der Waals surface area contributed by atoms with Crippen LogP contribution < -0.4 is 21.9 Å². The highest BCUT2D eigenvalue weighted by Gasteiger charge is 2.23. The van der Waals surface area contributed by atoms with Gasteiger partial charge in [0.2, 0.25) is 5.91 Å². The van der Waals surface area contributed by atoms with Gasteiger partial charge >= 0.3 is 11.7 Å². The lowest BCUT2D eigenvalue weighted by atomic mass is 10.2. The first-order chi connectivity index (χ1) is 12.9. The molecule has 1 aromatic heterocycles. The highest BCUT2D eigenvalue weighted by atomic mass is 32.2. The molecule has 0 radical (unpaired) electrons. The maximum atomic E-state index is 12.7. The summed E-state index contributed by atoms with van der Waals surface area (Å²) >= 11 is 1.11. The fraction of sp³-hybridized carbons (Fsp3) is 0.647. The molecular formula is C17H28N4O5S. The van der Waals surface area contributed by atoms with E-state index in [0.717, 1.165) is 18.2 Å². The van der Waals surface area contributed by atoms with Crippen molar-refractivity contribution in [2.75, 3.05) is 35.3 Å². The molecule has 0 spiro atoms. The van der Waals surface area contributed by atoms with E-state index in [-0.39, 0.29) is 35.5 Å². The molecule has 1 heterocycles. The number of nitrogen functional groups attached to an aromatic ring is 1. The summed E-state index contributed by atoms with van der Waals surface area (Å²) in [6, 6.07) is 0. The fourth-order valence-electron chi connectivity index (χ4n) is 2.46. The quantitative estimate of drug-likeness (QED) is 0.530. The van der Waals surface area contributed by atoms with E-state index in [9.17, 15) is 19.2 Å². The summed E-state index contributed by atoms with van der Waals surface area (Å²) in [4.78, 5) is 52.0. The standard InChI is InChI=1S/C17H28N4O5S/c1-4-7-9-20(12(22)10-27-11-13(23)26-6-3)14-15(18)21(8-5-2)17(25)19-16(14)24/h4-11,18H2,1-3H3,(H,19,24,25). The molecule has 0 aromatic carbocycles. The number of carbonyl (C=O) groups is 2. The molecule has 1 rings (SSSR count). The number of nitrogens with two attached hydrogens (primary N) is 1. The van der Waals surface area contributed by atoms with Crippen LogP contribution in [0.4, 0.5) is 11.5 Å². The average Bonchev–Trinajstić information content (AvgIpc) is 2.61. The normalized spacial score (nSPS) is 10.6. The summed E-state index contributed by atoms with van der Waals surface area (Å²) < 4.78 is 6.09. The van der Waals surface area contributed by atoms with Crippen molar-refractivity contribution in [2.24, 2.45) is 0 Å². The maximum absolute atomic E-state index is 12.7. The second-order valence-corrected chi connectivity index (χ2v) is 6.83. The Morgan fingerprint density at radius 2 is 1.89 bits per heavy atom. The van der Waals surface area contributed by atoms with Crippen LogP contribution in [-0.2, 0) is 20.9 Å². The number of unbranched alkanes of at least 4 members (excludes halogenated alkanes) is 1. The van der Waals surface area contributed by atoms with Gasteiger partial charge in [-0.3, -0.25) is 23.9 Å². The molecule has 9 nitrogen and oxygen atoms in total. The number of thioether (sulfide) groups is 1. The van der Waals surface area contributed by atoms with Gasteiger partial charge < -0.3 is 15.4 Å². The fourth-order valence-corrected chi connectivity index (χ4v) is 3.15. The van der Waals surface area contributed by atoms with Crippen LogP contribution in [0.25, 0.3) is 0 Å². The van der Waals surface area contributed by atoms with Crippen LogP contribution in [0.3, 0.4) is 0 Å². The molecule has 152 valence electrons. The van der Waals surface area contributed by atoms with E-state index in [2.05, 4.69) is 4.98 Å². The molecule has 0 fully saturated rings. The van der Waals surface area contributed by atoms with Gasteiger partial charge in [0.15, 0.2) is 5.69 Å². The minimum Gasteiger partial charge on any atom is -0.465 e. The van der Waals surface area contributed by atoms with Gasteiger partial charge in [-0.1, -0.05) is 20.3 Å². The van der Waals surface area contributed by atoms with Gasteiger partial charge in [0.25, 0.3) is 5.56 Å². The number of anilines is 2.